The second-order valence-corrected chi connectivity index (χ2v) is 2.24. The minimum absolute atomic E-state index is 0.330. The van der Waals surface area contributed by atoms with E-state index >= 15 is 0 Å². The van der Waals surface area contributed by atoms with Crippen molar-refractivity contribution in [2.45, 2.75) is 0 Å². The Balaban J connectivity index is 2.68. The van der Waals surface area contributed by atoms with Crippen LogP contribution in [0.4, 0.5) is 0 Å². The molecule has 0 amide bonds. The van der Waals surface area contributed by atoms with Crippen molar-refractivity contribution in [1.29, 1.82) is 0 Å². The summed E-state index contributed by atoms with van der Waals surface area (Å²) < 4.78 is 4.44. The standard InChI is InChI=1S/C6H7ClN2O2/c1-11-6(10)4-2-3-5(7)9-8-4/h2-3,8-9H,1H3. The summed E-state index contributed by atoms with van der Waals surface area (Å²) in [5.74, 6) is -0.432. The lowest BCUT2D eigenvalue weighted by Crippen LogP contribution is -2.34. The molecule has 0 unspecified atom stereocenters. The lowest BCUT2D eigenvalue weighted by atomic mass is 10.4. The molecule has 0 bridgehead atoms. The van der Waals surface area contributed by atoms with Gasteiger partial charge in [0, 0.05) is 0 Å². The Bertz CT molecular complexity index is 235. The third-order valence-corrected chi connectivity index (χ3v) is 1.34. The Labute approximate surface area is 68.8 Å². The maximum absolute atomic E-state index is 10.8. The van der Waals surface area contributed by atoms with Crippen molar-refractivity contribution >= 4 is 17.6 Å². The van der Waals surface area contributed by atoms with E-state index in [1.165, 1.54) is 13.2 Å². The number of carbonyl (C=O) groups excluding carboxylic acids is 1. The van der Waals surface area contributed by atoms with Crippen molar-refractivity contribution in [3.63, 3.8) is 0 Å². The van der Waals surface area contributed by atoms with E-state index in [4.69, 9.17) is 11.6 Å². The number of hydrogen-bond acceptors (Lipinski definition) is 4. The van der Waals surface area contributed by atoms with E-state index in [0.29, 0.717) is 10.9 Å². The number of ether oxygens (including phenoxy) is 1. The summed E-state index contributed by atoms with van der Waals surface area (Å²) >= 11 is 5.52. The minimum atomic E-state index is -0.432. The highest BCUT2D eigenvalue weighted by Crippen LogP contribution is 2.03. The average Bonchev–Trinajstić information content (AvgIpc) is 2.05. The predicted molar refractivity (Wildman–Crippen MR) is 40.3 cm³/mol. The van der Waals surface area contributed by atoms with Crippen molar-refractivity contribution in [3.8, 4) is 0 Å². The van der Waals surface area contributed by atoms with Gasteiger partial charge in [-0.15, -0.1) is 0 Å². The van der Waals surface area contributed by atoms with Gasteiger partial charge in [-0.05, 0) is 12.2 Å². The van der Waals surface area contributed by atoms with Gasteiger partial charge in [-0.1, -0.05) is 11.6 Å². The lowest BCUT2D eigenvalue weighted by Gasteiger charge is -2.13. The summed E-state index contributed by atoms with van der Waals surface area (Å²) in [5.41, 5.74) is 5.44. The molecule has 0 spiro atoms. The van der Waals surface area contributed by atoms with Gasteiger partial charge in [-0.25, -0.2) is 4.79 Å². The van der Waals surface area contributed by atoms with Crippen molar-refractivity contribution in [3.05, 3.63) is 23.0 Å². The smallest absolute Gasteiger partial charge is 0.355 e. The molecule has 0 fully saturated rings. The van der Waals surface area contributed by atoms with Gasteiger partial charge < -0.3 is 4.74 Å². The molecule has 0 aliphatic carbocycles. The highest BCUT2D eigenvalue weighted by atomic mass is 35.5. The topological polar surface area (TPSA) is 50.4 Å². The molecular formula is C6H7ClN2O2. The molecule has 0 radical (unpaired) electrons. The summed E-state index contributed by atoms with van der Waals surface area (Å²) in [4.78, 5) is 10.8. The van der Waals surface area contributed by atoms with E-state index in [0.717, 1.165) is 0 Å². The zero-order valence-electron chi connectivity index (χ0n) is 5.85. The third-order valence-electron chi connectivity index (χ3n) is 1.12. The Kier molecular flexibility index (Phi) is 2.38. The number of hydrazine groups is 1. The van der Waals surface area contributed by atoms with Crippen molar-refractivity contribution in [1.82, 2.24) is 10.9 Å². The molecule has 4 nitrogen and oxygen atoms in total. The van der Waals surface area contributed by atoms with E-state index in [2.05, 4.69) is 15.6 Å². The molecule has 0 aromatic rings. The minimum Gasteiger partial charge on any atom is -0.464 e. The fourth-order valence-electron chi connectivity index (χ4n) is 0.596. The van der Waals surface area contributed by atoms with Crippen LogP contribution in [-0.2, 0) is 9.53 Å². The molecule has 0 atom stereocenters. The van der Waals surface area contributed by atoms with Crippen LogP contribution in [0.1, 0.15) is 0 Å². The number of halogens is 1. The van der Waals surface area contributed by atoms with E-state index in [9.17, 15) is 4.79 Å². The first kappa shape index (κ1) is 7.94. The molecule has 1 aliphatic rings. The van der Waals surface area contributed by atoms with Crippen LogP contribution >= 0.6 is 11.6 Å². The van der Waals surface area contributed by atoms with Gasteiger partial charge in [-0.2, -0.15) is 0 Å². The highest BCUT2D eigenvalue weighted by molar-refractivity contribution is 6.29. The molecule has 0 saturated carbocycles. The Morgan fingerprint density at radius 3 is 2.73 bits per heavy atom. The molecule has 0 saturated heterocycles. The van der Waals surface area contributed by atoms with E-state index in [1.54, 1.807) is 6.08 Å². The maximum atomic E-state index is 10.8. The third kappa shape index (κ3) is 1.88. The van der Waals surface area contributed by atoms with Gasteiger partial charge in [-0.3, -0.25) is 10.9 Å². The first-order valence-electron chi connectivity index (χ1n) is 2.92. The maximum Gasteiger partial charge on any atom is 0.355 e. The van der Waals surface area contributed by atoms with Crippen LogP contribution in [0.3, 0.4) is 0 Å². The molecule has 60 valence electrons. The zero-order chi connectivity index (χ0) is 8.27. The van der Waals surface area contributed by atoms with Gasteiger partial charge in [0.1, 0.15) is 10.9 Å². The first-order chi connectivity index (χ1) is 5.24. The summed E-state index contributed by atoms with van der Waals surface area (Å²) in [5, 5.41) is 0.428. The largest absolute Gasteiger partial charge is 0.464 e. The Morgan fingerprint density at radius 2 is 2.27 bits per heavy atom. The molecule has 1 aliphatic heterocycles. The molecular weight excluding hydrogens is 168 g/mol. The van der Waals surface area contributed by atoms with Gasteiger partial charge in [0.05, 0.1) is 7.11 Å². The first-order valence-corrected chi connectivity index (χ1v) is 3.29. The van der Waals surface area contributed by atoms with Crippen LogP contribution in [0.2, 0.25) is 0 Å². The van der Waals surface area contributed by atoms with Gasteiger partial charge >= 0.3 is 5.97 Å². The number of carbonyl (C=O) groups is 1. The SMILES string of the molecule is COC(=O)C1=CC=C(Cl)NN1. The van der Waals surface area contributed by atoms with Crippen LogP contribution in [0.5, 0.6) is 0 Å². The van der Waals surface area contributed by atoms with Crippen LogP contribution in [0.15, 0.2) is 23.0 Å². The normalized spacial score (nSPS) is 15.5. The highest BCUT2D eigenvalue weighted by Gasteiger charge is 2.10. The average molecular weight is 175 g/mol. The van der Waals surface area contributed by atoms with Crippen molar-refractivity contribution < 1.29 is 9.53 Å². The second-order valence-electron chi connectivity index (χ2n) is 1.84. The lowest BCUT2D eigenvalue weighted by molar-refractivity contribution is -0.136. The van der Waals surface area contributed by atoms with E-state index in [-0.39, 0.29) is 0 Å². The number of allylic oxidation sites excluding steroid dienone is 2. The number of hydrogen-bond donors (Lipinski definition) is 2. The fraction of sp³-hybridized carbons (Fsp3) is 0.167. The fourth-order valence-corrected chi connectivity index (χ4v) is 0.706. The van der Waals surface area contributed by atoms with Crippen molar-refractivity contribution in [2.75, 3.05) is 7.11 Å². The van der Waals surface area contributed by atoms with Crippen molar-refractivity contribution in [2.24, 2.45) is 0 Å². The van der Waals surface area contributed by atoms with E-state index in [1.807, 2.05) is 0 Å². The monoisotopic (exact) mass is 174 g/mol. The molecule has 5 heteroatoms. The zero-order valence-corrected chi connectivity index (χ0v) is 6.61. The summed E-state index contributed by atoms with van der Waals surface area (Å²) in [6, 6.07) is 0. The van der Waals surface area contributed by atoms with Crippen LogP contribution in [-0.4, -0.2) is 13.1 Å². The predicted octanol–water partition coefficient (Wildman–Crippen LogP) is 0.231. The van der Waals surface area contributed by atoms with Gasteiger partial charge in [0.15, 0.2) is 0 Å². The van der Waals surface area contributed by atoms with Crippen LogP contribution < -0.4 is 10.9 Å². The van der Waals surface area contributed by atoms with Crippen LogP contribution in [0, 0.1) is 0 Å². The quantitative estimate of drug-likeness (QED) is 0.442. The Hall–Kier alpha value is -1.16. The molecule has 0 aromatic heterocycles. The number of esters is 1. The van der Waals surface area contributed by atoms with Gasteiger partial charge in [0.2, 0.25) is 0 Å². The van der Waals surface area contributed by atoms with E-state index < -0.39 is 5.97 Å². The summed E-state index contributed by atoms with van der Waals surface area (Å²) in [6.07, 6.45) is 3.09. The molecule has 1 rings (SSSR count). The number of rotatable bonds is 1. The summed E-state index contributed by atoms with van der Waals surface area (Å²) in [7, 11) is 1.31. The summed E-state index contributed by atoms with van der Waals surface area (Å²) in [6.45, 7) is 0. The molecule has 11 heavy (non-hydrogen) atoms. The molecule has 1 heterocycles. The van der Waals surface area contributed by atoms with Gasteiger partial charge in [0.25, 0.3) is 0 Å². The number of methoxy groups -OCH3 is 1. The molecule has 0 aromatic carbocycles. The Morgan fingerprint density at radius 1 is 1.55 bits per heavy atom. The molecule has 2 N–H and O–H groups in total. The number of nitrogens with one attached hydrogen (secondary N) is 2. The second kappa shape index (κ2) is 3.30. The van der Waals surface area contributed by atoms with Crippen LogP contribution in [0.25, 0.3) is 0 Å².